The number of rotatable bonds is 1. The molecule has 0 spiro atoms. The fourth-order valence-electron chi connectivity index (χ4n) is 1.12. The van der Waals surface area contributed by atoms with E-state index in [0.717, 1.165) is 11.1 Å². The second kappa shape index (κ2) is 3.55. The smallest absolute Gasteiger partial charge is 0.0994 e. The summed E-state index contributed by atoms with van der Waals surface area (Å²) in [6, 6.07) is 9.59. The maximum Gasteiger partial charge on any atom is 0.0994 e. The van der Waals surface area contributed by atoms with E-state index in [-0.39, 0.29) is 0 Å². The summed E-state index contributed by atoms with van der Waals surface area (Å²) in [5.74, 6) is 0. The predicted molar refractivity (Wildman–Crippen MR) is 45.2 cm³/mol. The molecule has 0 saturated heterocycles. The molecule has 0 aromatic heterocycles. The van der Waals surface area contributed by atoms with Gasteiger partial charge in [-0.2, -0.15) is 10.5 Å². The Balaban J connectivity index is 3.24. The minimum atomic E-state index is 0.315. The van der Waals surface area contributed by atoms with Crippen molar-refractivity contribution in [3.05, 3.63) is 34.9 Å². The second-order valence-corrected chi connectivity index (χ2v) is 2.55. The monoisotopic (exact) mass is 156 g/mol. The molecule has 0 amide bonds. The third kappa shape index (κ3) is 1.44. The van der Waals surface area contributed by atoms with Gasteiger partial charge < -0.3 is 0 Å². The van der Waals surface area contributed by atoms with Crippen LogP contribution in [0, 0.1) is 29.6 Å². The summed E-state index contributed by atoms with van der Waals surface area (Å²) in [5, 5.41) is 17.2. The van der Waals surface area contributed by atoms with Gasteiger partial charge in [-0.1, -0.05) is 12.1 Å². The normalized spacial score (nSPS) is 8.58. The Morgan fingerprint density at radius 3 is 2.67 bits per heavy atom. The Kier molecular flexibility index (Phi) is 2.46. The minimum Gasteiger partial charge on any atom is -0.198 e. The van der Waals surface area contributed by atoms with E-state index in [0.29, 0.717) is 12.0 Å². The van der Waals surface area contributed by atoms with Crippen molar-refractivity contribution in [1.82, 2.24) is 0 Å². The molecule has 0 radical (unpaired) electrons. The lowest BCUT2D eigenvalue weighted by atomic mass is 10.0. The van der Waals surface area contributed by atoms with Gasteiger partial charge >= 0.3 is 0 Å². The van der Waals surface area contributed by atoms with Crippen LogP contribution < -0.4 is 0 Å². The number of hydrogen-bond donors (Lipinski definition) is 0. The number of nitrogens with zero attached hydrogens (tertiary/aromatic N) is 2. The highest BCUT2D eigenvalue weighted by molar-refractivity contribution is 5.43. The molecule has 12 heavy (non-hydrogen) atoms. The molecule has 0 aliphatic rings. The van der Waals surface area contributed by atoms with Crippen molar-refractivity contribution in [2.24, 2.45) is 0 Å². The average molecular weight is 156 g/mol. The van der Waals surface area contributed by atoms with E-state index in [1.54, 1.807) is 6.07 Å². The second-order valence-electron chi connectivity index (χ2n) is 2.55. The highest BCUT2D eigenvalue weighted by Crippen LogP contribution is 2.13. The Morgan fingerprint density at radius 1 is 1.33 bits per heavy atom. The number of aryl methyl sites for hydroxylation is 1. The van der Waals surface area contributed by atoms with Crippen molar-refractivity contribution in [1.29, 1.82) is 10.5 Å². The van der Waals surface area contributed by atoms with Crippen molar-refractivity contribution in [3.8, 4) is 12.1 Å². The van der Waals surface area contributed by atoms with E-state index in [1.807, 2.05) is 25.1 Å². The summed E-state index contributed by atoms with van der Waals surface area (Å²) in [5.41, 5.74) is 2.47. The molecule has 1 rings (SSSR count). The lowest BCUT2D eigenvalue weighted by Gasteiger charge is -2.01. The van der Waals surface area contributed by atoms with E-state index in [4.69, 9.17) is 10.5 Å². The fourth-order valence-corrected chi connectivity index (χ4v) is 1.12. The number of benzene rings is 1. The summed E-state index contributed by atoms with van der Waals surface area (Å²) in [6.07, 6.45) is 0.315. The first-order valence-corrected chi connectivity index (χ1v) is 3.65. The van der Waals surface area contributed by atoms with Gasteiger partial charge in [0.25, 0.3) is 0 Å². The van der Waals surface area contributed by atoms with Crippen LogP contribution in [-0.4, -0.2) is 0 Å². The van der Waals surface area contributed by atoms with E-state index in [9.17, 15) is 0 Å². The molecule has 0 atom stereocenters. The summed E-state index contributed by atoms with van der Waals surface area (Å²) in [7, 11) is 0. The van der Waals surface area contributed by atoms with E-state index in [2.05, 4.69) is 6.07 Å². The van der Waals surface area contributed by atoms with Crippen molar-refractivity contribution < 1.29 is 0 Å². The first-order chi connectivity index (χ1) is 5.79. The molecule has 0 N–H and O–H groups in total. The highest BCUT2D eigenvalue weighted by Gasteiger charge is 2.02. The molecule has 1 aromatic rings. The standard InChI is InChI=1S/C10H8N2/c1-8-3-2-4-9(7-12)10(8)5-6-11/h2-4H,5H2,1H3. The van der Waals surface area contributed by atoms with Crippen LogP contribution in [-0.2, 0) is 6.42 Å². The third-order valence-corrected chi connectivity index (χ3v) is 1.79. The van der Waals surface area contributed by atoms with Gasteiger partial charge in [0.15, 0.2) is 0 Å². The molecule has 2 nitrogen and oxygen atoms in total. The summed E-state index contributed by atoms with van der Waals surface area (Å²) in [4.78, 5) is 0. The van der Waals surface area contributed by atoms with Crippen LogP contribution in [0.1, 0.15) is 16.7 Å². The van der Waals surface area contributed by atoms with E-state index in [1.165, 1.54) is 0 Å². The van der Waals surface area contributed by atoms with Crippen molar-refractivity contribution in [2.45, 2.75) is 13.3 Å². The van der Waals surface area contributed by atoms with Crippen LogP contribution in [0.15, 0.2) is 18.2 Å². The third-order valence-electron chi connectivity index (χ3n) is 1.79. The van der Waals surface area contributed by atoms with Gasteiger partial charge in [0.2, 0.25) is 0 Å². The molecule has 0 saturated carbocycles. The van der Waals surface area contributed by atoms with E-state index < -0.39 is 0 Å². The molecule has 1 aromatic carbocycles. The SMILES string of the molecule is Cc1cccc(C#N)c1CC#N. The van der Waals surface area contributed by atoms with Crippen LogP contribution in [0.25, 0.3) is 0 Å². The van der Waals surface area contributed by atoms with Gasteiger partial charge in [-0.25, -0.2) is 0 Å². The van der Waals surface area contributed by atoms with Gasteiger partial charge in [0.05, 0.1) is 24.1 Å². The number of hydrogen-bond acceptors (Lipinski definition) is 2. The van der Waals surface area contributed by atoms with Gasteiger partial charge in [0.1, 0.15) is 0 Å². The van der Waals surface area contributed by atoms with Crippen molar-refractivity contribution in [3.63, 3.8) is 0 Å². The van der Waals surface area contributed by atoms with Crippen molar-refractivity contribution >= 4 is 0 Å². The highest BCUT2D eigenvalue weighted by atomic mass is 14.3. The average Bonchev–Trinajstić information content (AvgIpc) is 2.09. The minimum absolute atomic E-state index is 0.315. The molecule has 0 heterocycles. The van der Waals surface area contributed by atoms with Crippen LogP contribution in [0.5, 0.6) is 0 Å². The summed E-state index contributed by atoms with van der Waals surface area (Å²) in [6.45, 7) is 1.91. The zero-order valence-corrected chi connectivity index (χ0v) is 6.83. The molecule has 0 aliphatic carbocycles. The zero-order chi connectivity index (χ0) is 8.97. The molecule has 58 valence electrons. The Morgan fingerprint density at radius 2 is 2.08 bits per heavy atom. The lowest BCUT2D eigenvalue weighted by Crippen LogP contribution is -1.91. The van der Waals surface area contributed by atoms with Gasteiger partial charge in [0, 0.05) is 0 Å². The Bertz CT molecular complexity index is 366. The zero-order valence-electron chi connectivity index (χ0n) is 6.83. The van der Waals surface area contributed by atoms with Crippen LogP contribution in [0.3, 0.4) is 0 Å². The number of nitriles is 2. The molecule has 2 heteroatoms. The van der Waals surface area contributed by atoms with Gasteiger partial charge in [-0.05, 0) is 24.1 Å². The molecule has 0 fully saturated rings. The van der Waals surface area contributed by atoms with Gasteiger partial charge in [-0.3, -0.25) is 0 Å². The lowest BCUT2D eigenvalue weighted by molar-refractivity contribution is 1.19. The maximum atomic E-state index is 8.71. The van der Waals surface area contributed by atoms with Crippen molar-refractivity contribution in [2.75, 3.05) is 0 Å². The van der Waals surface area contributed by atoms with Gasteiger partial charge in [-0.15, -0.1) is 0 Å². The van der Waals surface area contributed by atoms with Crippen LogP contribution in [0.2, 0.25) is 0 Å². The molecule has 0 bridgehead atoms. The van der Waals surface area contributed by atoms with Crippen LogP contribution in [0.4, 0.5) is 0 Å². The Labute approximate surface area is 71.7 Å². The topological polar surface area (TPSA) is 47.6 Å². The predicted octanol–water partition coefficient (Wildman–Crippen LogP) is 1.93. The van der Waals surface area contributed by atoms with E-state index >= 15 is 0 Å². The fraction of sp³-hybridized carbons (Fsp3) is 0.200. The van der Waals surface area contributed by atoms with Crippen LogP contribution >= 0.6 is 0 Å². The Hall–Kier alpha value is -1.80. The summed E-state index contributed by atoms with van der Waals surface area (Å²) >= 11 is 0. The molecule has 0 unspecified atom stereocenters. The maximum absolute atomic E-state index is 8.71. The first kappa shape index (κ1) is 8.30. The molecular weight excluding hydrogens is 148 g/mol. The molecule has 0 aliphatic heterocycles. The molecular formula is C10H8N2. The largest absolute Gasteiger partial charge is 0.198 e. The quantitative estimate of drug-likeness (QED) is 0.623. The summed E-state index contributed by atoms with van der Waals surface area (Å²) < 4.78 is 0. The first-order valence-electron chi connectivity index (χ1n) is 3.65.